The molecule has 0 radical (unpaired) electrons. The van der Waals surface area contributed by atoms with E-state index in [9.17, 15) is 18.7 Å². The van der Waals surface area contributed by atoms with Crippen LogP contribution in [0.3, 0.4) is 0 Å². The molecule has 1 aliphatic carbocycles. The Morgan fingerprint density at radius 2 is 1.83 bits per heavy atom. The maximum absolute atomic E-state index is 13.6. The largest absolute Gasteiger partial charge is 0.488 e. The van der Waals surface area contributed by atoms with Crippen molar-refractivity contribution in [2.45, 2.75) is 75.8 Å². The minimum atomic E-state index is -2.69. The molecule has 29 heavy (non-hydrogen) atoms. The molecule has 1 saturated carbocycles. The average Bonchev–Trinajstić information content (AvgIpc) is 2.90. The Kier molecular flexibility index (Phi) is 6.33. The van der Waals surface area contributed by atoms with E-state index in [1.54, 1.807) is 32.9 Å². The van der Waals surface area contributed by atoms with Crippen molar-refractivity contribution < 1.29 is 28.2 Å². The highest BCUT2D eigenvalue weighted by Crippen LogP contribution is 2.34. The molecule has 2 fully saturated rings. The molecular formula is C21H30F2N2O4. The molecule has 3 rings (SSSR count). The Morgan fingerprint density at radius 1 is 1.21 bits per heavy atom. The first-order valence-electron chi connectivity index (χ1n) is 10.1. The zero-order valence-electron chi connectivity index (χ0n) is 17.1. The third-order valence-electron chi connectivity index (χ3n) is 5.31. The fourth-order valence-electron chi connectivity index (χ4n) is 4.00. The van der Waals surface area contributed by atoms with Gasteiger partial charge in [0.15, 0.2) is 0 Å². The number of alkyl halides is 2. The second-order valence-corrected chi connectivity index (χ2v) is 8.83. The van der Waals surface area contributed by atoms with Crippen LogP contribution in [0, 0.1) is 0 Å². The summed E-state index contributed by atoms with van der Waals surface area (Å²) in [4.78, 5) is 14.2. The smallest absolute Gasteiger partial charge is 0.407 e. The third-order valence-corrected chi connectivity index (χ3v) is 5.31. The number of benzene rings is 1. The van der Waals surface area contributed by atoms with Crippen LogP contribution in [-0.4, -0.2) is 65.0 Å². The molecule has 1 aromatic carbocycles. The van der Waals surface area contributed by atoms with Gasteiger partial charge in [-0.05, 0) is 32.9 Å². The fraction of sp³-hybridized carbons (Fsp3) is 0.667. The van der Waals surface area contributed by atoms with E-state index in [0.29, 0.717) is 12.2 Å². The lowest BCUT2D eigenvalue weighted by molar-refractivity contribution is -0.0790. The van der Waals surface area contributed by atoms with Crippen molar-refractivity contribution in [3.63, 3.8) is 0 Å². The number of aliphatic hydroxyl groups excluding tert-OH is 1. The number of amides is 1. The molecule has 4 atom stereocenters. The zero-order valence-corrected chi connectivity index (χ0v) is 17.1. The first-order chi connectivity index (χ1) is 13.5. The number of nitrogens with one attached hydrogen (secondary N) is 1. The Bertz CT molecular complexity index is 686. The van der Waals surface area contributed by atoms with Crippen molar-refractivity contribution in [2.75, 3.05) is 13.1 Å². The Hall–Kier alpha value is -1.93. The summed E-state index contributed by atoms with van der Waals surface area (Å²) < 4.78 is 38.5. The summed E-state index contributed by atoms with van der Waals surface area (Å²) in [7, 11) is 0. The quantitative estimate of drug-likeness (QED) is 0.795. The number of hydrogen-bond donors (Lipinski definition) is 2. The predicted octanol–water partition coefficient (Wildman–Crippen LogP) is 3.19. The fourth-order valence-corrected chi connectivity index (χ4v) is 4.00. The van der Waals surface area contributed by atoms with E-state index in [0.717, 1.165) is 0 Å². The molecule has 1 amide bonds. The molecule has 1 saturated heterocycles. The molecule has 162 valence electrons. The van der Waals surface area contributed by atoms with Crippen LogP contribution >= 0.6 is 0 Å². The SMILES string of the molecule is CC(C)(C)OC(=O)N[C@@H]1C[C@@H](Oc2ccccc2)[C@H](O)[C@H]1N1CCC(F)(F)CC1. The normalized spacial score (nSPS) is 30.0. The van der Waals surface area contributed by atoms with Crippen molar-refractivity contribution in [1.82, 2.24) is 10.2 Å². The molecular weight excluding hydrogens is 382 g/mol. The van der Waals surface area contributed by atoms with Gasteiger partial charge in [0.1, 0.15) is 23.6 Å². The molecule has 6 nitrogen and oxygen atoms in total. The number of halogens is 2. The summed E-state index contributed by atoms with van der Waals surface area (Å²) in [5.74, 6) is -2.08. The van der Waals surface area contributed by atoms with Crippen LogP contribution < -0.4 is 10.1 Å². The summed E-state index contributed by atoms with van der Waals surface area (Å²) in [5, 5.41) is 13.8. The average molecular weight is 412 g/mol. The van der Waals surface area contributed by atoms with Gasteiger partial charge >= 0.3 is 6.09 Å². The van der Waals surface area contributed by atoms with Gasteiger partial charge in [-0.1, -0.05) is 18.2 Å². The number of likely N-dealkylation sites (tertiary alicyclic amines) is 1. The molecule has 2 N–H and O–H groups in total. The van der Waals surface area contributed by atoms with Gasteiger partial charge in [-0.15, -0.1) is 0 Å². The van der Waals surface area contributed by atoms with Crippen molar-refractivity contribution in [2.24, 2.45) is 0 Å². The number of nitrogens with zero attached hydrogens (tertiary/aromatic N) is 1. The van der Waals surface area contributed by atoms with E-state index >= 15 is 0 Å². The van der Waals surface area contributed by atoms with E-state index in [2.05, 4.69) is 5.32 Å². The molecule has 2 aliphatic rings. The van der Waals surface area contributed by atoms with Crippen molar-refractivity contribution in [3.05, 3.63) is 30.3 Å². The third kappa shape index (κ3) is 5.79. The maximum atomic E-state index is 13.6. The highest BCUT2D eigenvalue weighted by atomic mass is 19.3. The summed E-state index contributed by atoms with van der Waals surface area (Å²) in [5.41, 5.74) is -0.663. The standard InChI is InChI=1S/C21H30F2N2O4/c1-20(2,3)29-19(27)24-15-13-16(28-14-7-5-4-6-8-14)18(26)17(15)25-11-9-21(22,23)10-12-25/h4-8,15-18,26H,9-13H2,1-3H3,(H,24,27)/t15-,16-,17+,18+/m1/s1. The van der Waals surface area contributed by atoms with Crippen molar-refractivity contribution in [3.8, 4) is 5.75 Å². The van der Waals surface area contributed by atoms with Crippen LogP contribution in [0.15, 0.2) is 30.3 Å². The van der Waals surface area contributed by atoms with Gasteiger partial charge in [-0.3, -0.25) is 4.90 Å². The number of carbonyl (C=O) groups is 1. The van der Waals surface area contributed by atoms with Gasteiger partial charge in [-0.2, -0.15) is 0 Å². The van der Waals surface area contributed by atoms with Crippen LogP contribution in [0.4, 0.5) is 13.6 Å². The lowest BCUT2D eigenvalue weighted by Gasteiger charge is -2.39. The first-order valence-corrected chi connectivity index (χ1v) is 10.1. The highest BCUT2D eigenvalue weighted by molar-refractivity contribution is 5.68. The molecule has 1 aliphatic heterocycles. The van der Waals surface area contributed by atoms with Crippen LogP contribution in [0.1, 0.15) is 40.0 Å². The zero-order chi connectivity index (χ0) is 21.2. The number of hydrogen-bond acceptors (Lipinski definition) is 5. The highest BCUT2D eigenvalue weighted by Gasteiger charge is 2.49. The van der Waals surface area contributed by atoms with Gasteiger partial charge in [0.05, 0.1) is 12.1 Å². The van der Waals surface area contributed by atoms with E-state index in [-0.39, 0.29) is 25.9 Å². The monoisotopic (exact) mass is 412 g/mol. The van der Waals surface area contributed by atoms with Crippen LogP contribution in [0.2, 0.25) is 0 Å². The number of alkyl carbamates (subject to hydrolysis) is 1. The first kappa shape index (κ1) is 21.8. The van der Waals surface area contributed by atoms with Gasteiger partial charge < -0.3 is 19.9 Å². The molecule has 0 spiro atoms. The molecule has 0 aromatic heterocycles. The van der Waals surface area contributed by atoms with Gasteiger partial charge in [0.25, 0.3) is 5.92 Å². The van der Waals surface area contributed by atoms with Gasteiger partial charge in [0, 0.05) is 32.4 Å². The summed E-state index contributed by atoms with van der Waals surface area (Å²) in [6, 6.07) is 8.11. The number of carbonyl (C=O) groups excluding carboxylic acids is 1. The van der Waals surface area contributed by atoms with Gasteiger partial charge in [-0.25, -0.2) is 13.6 Å². The summed E-state index contributed by atoms with van der Waals surface area (Å²) in [6.45, 7) is 5.60. The van der Waals surface area contributed by atoms with Gasteiger partial charge in [0.2, 0.25) is 0 Å². The number of aliphatic hydroxyl groups is 1. The molecule has 8 heteroatoms. The van der Waals surface area contributed by atoms with Crippen LogP contribution in [-0.2, 0) is 4.74 Å². The lowest BCUT2D eigenvalue weighted by atomic mass is 10.0. The molecule has 1 aromatic rings. The minimum Gasteiger partial charge on any atom is -0.488 e. The van der Waals surface area contributed by atoms with E-state index < -0.39 is 41.9 Å². The van der Waals surface area contributed by atoms with E-state index in [4.69, 9.17) is 9.47 Å². The molecule has 1 heterocycles. The Morgan fingerprint density at radius 3 is 2.41 bits per heavy atom. The van der Waals surface area contributed by atoms with Crippen molar-refractivity contribution >= 4 is 6.09 Å². The number of piperidine rings is 1. The van der Waals surface area contributed by atoms with E-state index in [1.807, 2.05) is 23.1 Å². The molecule has 0 bridgehead atoms. The second kappa shape index (κ2) is 8.44. The number of ether oxygens (including phenoxy) is 2. The van der Waals surface area contributed by atoms with Crippen molar-refractivity contribution in [1.29, 1.82) is 0 Å². The molecule has 0 unspecified atom stereocenters. The summed E-state index contributed by atoms with van der Waals surface area (Å²) >= 11 is 0. The Balaban J connectivity index is 1.74. The topological polar surface area (TPSA) is 71.0 Å². The lowest BCUT2D eigenvalue weighted by Crippen LogP contribution is -2.56. The number of rotatable bonds is 4. The van der Waals surface area contributed by atoms with Crippen LogP contribution in [0.25, 0.3) is 0 Å². The second-order valence-electron chi connectivity index (χ2n) is 8.83. The number of para-hydroxylation sites is 1. The predicted molar refractivity (Wildman–Crippen MR) is 104 cm³/mol. The summed E-state index contributed by atoms with van der Waals surface area (Å²) in [6.07, 6.45) is -2.26. The maximum Gasteiger partial charge on any atom is 0.407 e. The van der Waals surface area contributed by atoms with Crippen LogP contribution in [0.5, 0.6) is 5.75 Å². The minimum absolute atomic E-state index is 0.152. The Labute approximate surface area is 170 Å². The van der Waals surface area contributed by atoms with E-state index in [1.165, 1.54) is 0 Å².